The summed E-state index contributed by atoms with van der Waals surface area (Å²) < 4.78 is 10.3. The van der Waals surface area contributed by atoms with Crippen LogP contribution in [0.25, 0.3) is 0 Å². The third-order valence-electron chi connectivity index (χ3n) is 3.03. The predicted molar refractivity (Wildman–Crippen MR) is 54.7 cm³/mol. The van der Waals surface area contributed by atoms with Crippen molar-refractivity contribution in [3.63, 3.8) is 0 Å². The van der Waals surface area contributed by atoms with Crippen molar-refractivity contribution < 1.29 is 14.3 Å². The number of methoxy groups -OCH3 is 1. The molecular formula is C10H18N2O3. The highest BCUT2D eigenvalue weighted by atomic mass is 16.6. The van der Waals surface area contributed by atoms with E-state index in [1.54, 1.807) is 7.11 Å². The molecule has 0 radical (unpaired) electrons. The molecule has 2 heterocycles. The third-order valence-corrected chi connectivity index (χ3v) is 3.03. The minimum absolute atomic E-state index is 0.0498. The van der Waals surface area contributed by atoms with Crippen LogP contribution in [0.3, 0.4) is 0 Å². The summed E-state index contributed by atoms with van der Waals surface area (Å²) in [6.07, 6.45) is 1.75. The van der Waals surface area contributed by atoms with Gasteiger partial charge in [0, 0.05) is 26.8 Å². The quantitative estimate of drug-likeness (QED) is 0.679. The third kappa shape index (κ3) is 2.23. The first-order chi connectivity index (χ1) is 7.33. The number of amides is 1. The zero-order valence-corrected chi connectivity index (χ0v) is 9.07. The number of carbonyl (C=O) groups excluding carboxylic acids is 1. The van der Waals surface area contributed by atoms with Gasteiger partial charge in [-0.1, -0.05) is 0 Å². The number of hydrogen-bond donors (Lipinski definition) is 1. The molecule has 15 heavy (non-hydrogen) atoms. The van der Waals surface area contributed by atoms with Gasteiger partial charge >= 0.3 is 6.09 Å². The molecule has 0 aromatic heterocycles. The fourth-order valence-electron chi connectivity index (χ4n) is 2.26. The first-order valence-corrected chi connectivity index (χ1v) is 5.50. The second kappa shape index (κ2) is 4.81. The van der Waals surface area contributed by atoms with E-state index in [2.05, 4.69) is 5.32 Å². The molecule has 5 heteroatoms. The molecule has 2 fully saturated rings. The monoisotopic (exact) mass is 214 g/mol. The van der Waals surface area contributed by atoms with Crippen LogP contribution in [-0.2, 0) is 9.47 Å². The number of rotatable bonds is 4. The first kappa shape index (κ1) is 10.7. The van der Waals surface area contributed by atoms with Crippen molar-refractivity contribution in [3.05, 3.63) is 0 Å². The molecule has 2 unspecified atom stereocenters. The van der Waals surface area contributed by atoms with Crippen LogP contribution in [0.2, 0.25) is 0 Å². The Hall–Kier alpha value is -0.810. The van der Waals surface area contributed by atoms with E-state index in [4.69, 9.17) is 9.47 Å². The molecule has 0 saturated carbocycles. The molecule has 0 aliphatic carbocycles. The molecule has 0 bridgehead atoms. The Balaban J connectivity index is 1.88. The van der Waals surface area contributed by atoms with E-state index < -0.39 is 0 Å². The first-order valence-electron chi connectivity index (χ1n) is 5.50. The summed E-state index contributed by atoms with van der Waals surface area (Å²) in [7, 11) is 1.68. The smallest absolute Gasteiger partial charge is 0.410 e. The lowest BCUT2D eigenvalue weighted by molar-refractivity contribution is 0.121. The number of hydrogen-bond acceptors (Lipinski definition) is 4. The molecule has 0 spiro atoms. The number of piperidine rings is 1. The Morgan fingerprint density at radius 3 is 3.33 bits per heavy atom. The predicted octanol–water partition coefficient (Wildman–Crippen LogP) is 0.206. The van der Waals surface area contributed by atoms with Gasteiger partial charge in [0.1, 0.15) is 6.10 Å². The van der Waals surface area contributed by atoms with Crippen LogP contribution in [0.1, 0.15) is 12.8 Å². The standard InChI is InChI=1S/C10H18N2O3/c1-14-6-2-5-12-8-3-4-11-7-9(8)15-10(12)13/h8-9,11H,2-7H2,1H3. The highest BCUT2D eigenvalue weighted by molar-refractivity contribution is 5.70. The maximum absolute atomic E-state index is 11.6. The van der Waals surface area contributed by atoms with Crippen molar-refractivity contribution in [2.45, 2.75) is 25.0 Å². The van der Waals surface area contributed by atoms with Gasteiger partial charge in [0.2, 0.25) is 0 Å². The van der Waals surface area contributed by atoms with E-state index in [0.29, 0.717) is 6.61 Å². The van der Waals surface area contributed by atoms with E-state index in [9.17, 15) is 4.79 Å². The van der Waals surface area contributed by atoms with E-state index >= 15 is 0 Å². The van der Waals surface area contributed by atoms with Crippen LogP contribution >= 0.6 is 0 Å². The van der Waals surface area contributed by atoms with Gasteiger partial charge in [-0.25, -0.2) is 4.79 Å². The highest BCUT2D eigenvalue weighted by Crippen LogP contribution is 2.23. The highest BCUT2D eigenvalue weighted by Gasteiger charge is 2.42. The molecule has 2 atom stereocenters. The SMILES string of the molecule is COCCCN1C(=O)OC2CNCCC21. The second-order valence-electron chi connectivity index (χ2n) is 4.02. The minimum atomic E-state index is -0.162. The number of carbonyl (C=O) groups is 1. The van der Waals surface area contributed by atoms with Crippen molar-refractivity contribution in [1.29, 1.82) is 0 Å². The van der Waals surface area contributed by atoms with Crippen molar-refractivity contribution >= 4 is 6.09 Å². The maximum Gasteiger partial charge on any atom is 0.410 e. The fourth-order valence-corrected chi connectivity index (χ4v) is 2.26. The second-order valence-corrected chi connectivity index (χ2v) is 4.02. The Labute approximate surface area is 89.7 Å². The van der Waals surface area contributed by atoms with Crippen molar-refractivity contribution in [2.75, 3.05) is 33.4 Å². The van der Waals surface area contributed by atoms with Crippen molar-refractivity contribution in [2.24, 2.45) is 0 Å². The van der Waals surface area contributed by atoms with Gasteiger partial charge in [-0.2, -0.15) is 0 Å². The molecule has 2 saturated heterocycles. The number of fused-ring (bicyclic) bond motifs is 1. The lowest BCUT2D eigenvalue weighted by Crippen LogP contribution is -2.47. The Morgan fingerprint density at radius 1 is 1.67 bits per heavy atom. The molecule has 0 aromatic rings. The lowest BCUT2D eigenvalue weighted by Gasteiger charge is -2.28. The van der Waals surface area contributed by atoms with E-state index in [1.807, 2.05) is 4.90 Å². The van der Waals surface area contributed by atoms with Gasteiger partial charge in [0.25, 0.3) is 0 Å². The summed E-state index contributed by atoms with van der Waals surface area (Å²) in [5.41, 5.74) is 0. The average molecular weight is 214 g/mol. The van der Waals surface area contributed by atoms with Gasteiger partial charge in [0.15, 0.2) is 0 Å². The van der Waals surface area contributed by atoms with Crippen LogP contribution in [0.4, 0.5) is 4.79 Å². The van der Waals surface area contributed by atoms with E-state index in [-0.39, 0.29) is 18.2 Å². The largest absolute Gasteiger partial charge is 0.443 e. The maximum atomic E-state index is 11.6. The van der Waals surface area contributed by atoms with Crippen LogP contribution in [-0.4, -0.2) is 56.5 Å². The van der Waals surface area contributed by atoms with Crippen molar-refractivity contribution in [3.8, 4) is 0 Å². The molecule has 0 aromatic carbocycles. The topological polar surface area (TPSA) is 50.8 Å². The summed E-state index contributed by atoms with van der Waals surface area (Å²) >= 11 is 0. The summed E-state index contributed by atoms with van der Waals surface area (Å²) in [5, 5.41) is 3.24. The van der Waals surface area contributed by atoms with Gasteiger partial charge in [0.05, 0.1) is 6.04 Å². The molecule has 2 aliphatic rings. The Morgan fingerprint density at radius 2 is 2.53 bits per heavy atom. The summed E-state index contributed by atoms with van der Waals surface area (Å²) in [6.45, 7) is 3.20. The van der Waals surface area contributed by atoms with Crippen LogP contribution < -0.4 is 5.32 Å². The van der Waals surface area contributed by atoms with Gasteiger partial charge in [-0.3, -0.25) is 0 Å². The van der Waals surface area contributed by atoms with Gasteiger partial charge in [-0.05, 0) is 19.4 Å². The molecule has 2 rings (SSSR count). The van der Waals surface area contributed by atoms with Gasteiger partial charge in [-0.15, -0.1) is 0 Å². The van der Waals surface area contributed by atoms with Crippen molar-refractivity contribution in [1.82, 2.24) is 10.2 Å². The normalized spacial score (nSPS) is 30.2. The Kier molecular flexibility index (Phi) is 3.43. The number of ether oxygens (including phenoxy) is 2. The van der Waals surface area contributed by atoms with Crippen LogP contribution in [0, 0.1) is 0 Å². The summed E-state index contributed by atoms with van der Waals surface area (Å²) in [6, 6.07) is 0.274. The van der Waals surface area contributed by atoms with Gasteiger partial charge < -0.3 is 19.7 Å². The van der Waals surface area contributed by atoms with E-state index in [1.165, 1.54) is 0 Å². The zero-order chi connectivity index (χ0) is 10.7. The lowest BCUT2D eigenvalue weighted by atomic mass is 10.0. The molecular weight excluding hydrogens is 196 g/mol. The molecule has 5 nitrogen and oxygen atoms in total. The molecule has 1 N–H and O–H groups in total. The zero-order valence-electron chi connectivity index (χ0n) is 9.07. The fraction of sp³-hybridized carbons (Fsp3) is 0.900. The molecule has 1 amide bonds. The number of nitrogens with one attached hydrogen (secondary N) is 1. The molecule has 2 aliphatic heterocycles. The summed E-state index contributed by atoms with van der Waals surface area (Å²) in [5.74, 6) is 0. The molecule has 86 valence electrons. The van der Waals surface area contributed by atoms with Crippen LogP contribution in [0.15, 0.2) is 0 Å². The average Bonchev–Trinajstić information content (AvgIpc) is 2.56. The summed E-state index contributed by atoms with van der Waals surface area (Å²) in [4.78, 5) is 13.4. The minimum Gasteiger partial charge on any atom is -0.443 e. The number of nitrogens with zero attached hydrogens (tertiary/aromatic N) is 1. The van der Waals surface area contributed by atoms with E-state index in [0.717, 1.165) is 32.5 Å². The van der Waals surface area contributed by atoms with Crippen LogP contribution in [0.5, 0.6) is 0 Å². The Bertz CT molecular complexity index is 235.